The van der Waals surface area contributed by atoms with Crippen LogP contribution in [0.25, 0.3) is 22.2 Å². The molecule has 2 aliphatic rings. The van der Waals surface area contributed by atoms with Gasteiger partial charge < -0.3 is 19.3 Å². The average molecular weight is 533 g/mol. The molecule has 4 heterocycles. The van der Waals surface area contributed by atoms with Crippen LogP contribution in [-0.4, -0.2) is 69.4 Å². The van der Waals surface area contributed by atoms with Crippen LogP contribution in [0.4, 0.5) is 23.8 Å². The molecule has 1 amide bonds. The van der Waals surface area contributed by atoms with Gasteiger partial charge in [0.25, 0.3) is 0 Å². The Morgan fingerprint density at radius 1 is 1.08 bits per heavy atom. The van der Waals surface area contributed by atoms with Crippen LogP contribution < -0.4 is 9.64 Å². The zero-order chi connectivity index (χ0) is 27.2. The summed E-state index contributed by atoms with van der Waals surface area (Å²) in [6.45, 7) is 8.05. The zero-order valence-electron chi connectivity index (χ0n) is 21.9. The maximum atomic E-state index is 13.3. The molecule has 0 aliphatic carbocycles. The monoisotopic (exact) mass is 532 g/mol. The number of piperidine rings is 1. The van der Waals surface area contributed by atoms with Crippen molar-refractivity contribution >= 4 is 22.8 Å². The second kappa shape index (κ2) is 9.63. The van der Waals surface area contributed by atoms with Gasteiger partial charge in [-0.15, -0.1) is 10.2 Å². The Labute approximate surface area is 218 Å². The Morgan fingerprint density at radius 3 is 2.58 bits per heavy atom. The fourth-order valence-electron chi connectivity index (χ4n) is 5.17. The summed E-state index contributed by atoms with van der Waals surface area (Å²) < 4.78 is 52.7. The Kier molecular flexibility index (Phi) is 6.60. The molecule has 0 radical (unpaired) electrons. The van der Waals surface area contributed by atoms with E-state index in [4.69, 9.17) is 9.47 Å². The summed E-state index contributed by atoms with van der Waals surface area (Å²) in [5.41, 5.74) is 0.200. The fourth-order valence-corrected chi connectivity index (χ4v) is 5.17. The molecule has 2 aliphatic heterocycles. The highest BCUT2D eigenvalue weighted by molar-refractivity contribution is 5.99. The van der Waals surface area contributed by atoms with Gasteiger partial charge in [-0.05, 0) is 58.2 Å². The van der Waals surface area contributed by atoms with Crippen molar-refractivity contribution in [2.75, 3.05) is 31.6 Å². The number of benzene rings is 1. The van der Waals surface area contributed by atoms with E-state index in [-0.39, 0.29) is 17.9 Å². The largest absolute Gasteiger partial charge is 0.496 e. The lowest BCUT2D eigenvalue weighted by Gasteiger charge is -2.39. The van der Waals surface area contributed by atoms with Gasteiger partial charge in [-0.1, -0.05) is 0 Å². The van der Waals surface area contributed by atoms with Gasteiger partial charge in [0.2, 0.25) is 0 Å². The normalized spacial score (nSPS) is 18.4. The molecule has 0 unspecified atom stereocenters. The number of hydrogen-bond donors (Lipinski definition) is 0. The molecule has 0 spiro atoms. The van der Waals surface area contributed by atoms with Gasteiger partial charge >= 0.3 is 12.3 Å². The van der Waals surface area contributed by atoms with Gasteiger partial charge in [-0.2, -0.15) is 18.3 Å². The number of rotatable bonds is 3. The maximum absolute atomic E-state index is 13.3. The van der Waals surface area contributed by atoms with E-state index in [9.17, 15) is 18.0 Å². The lowest BCUT2D eigenvalue weighted by Crippen LogP contribution is -2.51. The first-order chi connectivity index (χ1) is 18.0. The molecular weight excluding hydrogens is 501 g/mol. The molecule has 1 fully saturated rings. The molecule has 1 aromatic carbocycles. The first kappa shape index (κ1) is 26.1. The van der Waals surface area contributed by atoms with Crippen LogP contribution in [-0.2, 0) is 17.5 Å². The molecule has 5 rings (SSSR count). The van der Waals surface area contributed by atoms with Crippen molar-refractivity contribution in [2.24, 2.45) is 0 Å². The highest BCUT2D eigenvalue weighted by Gasteiger charge is 2.35. The van der Waals surface area contributed by atoms with Crippen molar-refractivity contribution in [2.45, 2.75) is 64.4 Å². The van der Waals surface area contributed by atoms with E-state index in [2.05, 4.69) is 20.2 Å². The molecule has 2 aromatic heterocycles. The molecule has 204 valence electrons. The number of hydrogen-bond acceptors (Lipinski definition) is 7. The number of carbonyl (C=O) groups excluding carboxylic acids is 1. The van der Waals surface area contributed by atoms with E-state index in [1.807, 2.05) is 25.5 Å². The Bertz CT molecular complexity index is 1350. The highest BCUT2D eigenvalue weighted by atomic mass is 19.4. The van der Waals surface area contributed by atoms with Crippen LogP contribution in [0.2, 0.25) is 0 Å². The lowest BCUT2D eigenvalue weighted by atomic mass is 10.0. The minimum atomic E-state index is -4.49. The minimum Gasteiger partial charge on any atom is -0.496 e. The van der Waals surface area contributed by atoms with Gasteiger partial charge in [-0.3, -0.25) is 4.68 Å². The molecule has 12 heteroatoms. The summed E-state index contributed by atoms with van der Waals surface area (Å²) >= 11 is 0. The van der Waals surface area contributed by atoms with Gasteiger partial charge in [-0.25, -0.2) is 4.79 Å². The van der Waals surface area contributed by atoms with E-state index in [1.165, 1.54) is 13.2 Å². The van der Waals surface area contributed by atoms with Gasteiger partial charge in [0.05, 0.1) is 24.3 Å². The summed E-state index contributed by atoms with van der Waals surface area (Å²) in [4.78, 5) is 16.7. The van der Waals surface area contributed by atoms with E-state index in [0.29, 0.717) is 48.6 Å². The SMILES string of the molecule is COc1cc(C(F)(F)F)ccc1-c1nnc2c3c1cnn3CCCN2[C@@H]1CCCN(C(=O)OC(C)(C)C)C1. The Balaban J connectivity index is 1.52. The van der Waals surface area contributed by atoms with Crippen LogP contribution in [0, 0.1) is 0 Å². The number of aryl methyl sites for hydroxylation is 1. The molecule has 0 bridgehead atoms. The molecule has 9 nitrogen and oxygen atoms in total. The predicted octanol–water partition coefficient (Wildman–Crippen LogP) is 5.13. The third kappa shape index (κ3) is 4.95. The minimum absolute atomic E-state index is 0.0154. The summed E-state index contributed by atoms with van der Waals surface area (Å²) in [6.07, 6.45) is -0.620. The quantitative estimate of drug-likeness (QED) is 0.462. The van der Waals surface area contributed by atoms with Crippen LogP contribution in [0.3, 0.4) is 0 Å². The van der Waals surface area contributed by atoms with Crippen LogP contribution in [0.15, 0.2) is 24.4 Å². The number of carbonyl (C=O) groups is 1. The van der Waals surface area contributed by atoms with Crippen molar-refractivity contribution in [3.05, 3.63) is 30.0 Å². The Morgan fingerprint density at radius 2 is 1.87 bits per heavy atom. The number of alkyl halides is 3. The smallest absolute Gasteiger partial charge is 0.416 e. The second-order valence-electron chi connectivity index (χ2n) is 10.7. The number of aromatic nitrogens is 4. The molecular formula is C26H31F3N6O3. The Hall–Kier alpha value is -3.57. The van der Waals surface area contributed by atoms with E-state index >= 15 is 0 Å². The zero-order valence-corrected chi connectivity index (χ0v) is 21.9. The molecule has 1 saturated heterocycles. The van der Waals surface area contributed by atoms with Gasteiger partial charge in [0, 0.05) is 37.8 Å². The first-order valence-corrected chi connectivity index (χ1v) is 12.7. The third-order valence-electron chi connectivity index (χ3n) is 6.87. The standard InChI is InChI=1S/C26H31F3N6O3/c1-25(2,3)38-24(36)33-10-5-7-17(15-33)34-11-6-12-35-22-19(14-30-35)21(31-32-23(22)34)18-9-8-16(26(27,28)29)13-20(18)37-4/h8-9,13-14,17H,5-7,10-12,15H2,1-4H3/t17-/m1/s1. The summed E-state index contributed by atoms with van der Waals surface area (Å²) in [6, 6.07) is 3.36. The first-order valence-electron chi connectivity index (χ1n) is 12.7. The highest BCUT2D eigenvalue weighted by Crippen LogP contribution is 2.40. The molecule has 1 atom stereocenters. The van der Waals surface area contributed by atoms with Crippen molar-refractivity contribution in [3.8, 4) is 17.0 Å². The van der Waals surface area contributed by atoms with Gasteiger partial charge in [0.1, 0.15) is 22.6 Å². The molecule has 3 aromatic rings. The molecule has 38 heavy (non-hydrogen) atoms. The summed E-state index contributed by atoms with van der Waals surface area (Å²) in [5, 5.41) is 14.3. The number of anilines is 1. The van der Waals surface area contributed by atoms with E-state index < -0.39 is 17.3 Å². The summed E-state index contributed by atoms with van der Waals surface area (Å²) in [7, 11) is 1.33. The van der Waals surface area contributed by atoms with Crippen molar-refractivity contribution in [1.82, 2.24) is 24.9 Å². The summed E-state index contributed by atoms with van der Waals surface area (Å²) in [5.74, 6) is 0.712. The van der Waals surface area contributed by atoms with E-state index in [0.717, 1.165) is 36.9 Å². The van der Waals surface area contributed by atoms with Gasteiger partial charge in [0.15, 0.2) is 5.82 Å². The van der Waals surface area contributed by atoms with E-state index in [1.54, 1.807) is 11.1 Å². The van der Waals surface area contributed by atoms with Crippen molar-refractivity contribution in [3.63, 3.8) is 0 Å². The maximum Gasteiger partial charge on any atom is 0.416 e. The van der Waals surface area contributed by atoms with Crippen LogP contribution >= 0.6 is 0 Å². The van der Waals surface area contributed by atoms with Crippen LogP contribution in [0.1, 0.15) is 45.6 Å². The van der Waals surface area contributed by atoms with Crippen LogP contribution in [0.5, 0.6) is 5.75 Å². The predicted molar refractivity (Wildman–Crippen MR) is 135 cm³/mol. The number of halogens is 3. The molecule has 0 N–H and O–H groups in total. The van der Waals surface area contributed by atoms with Crippen molar-refractivity contribution in [1.29, 1.82) is 0 Å². The number of nitrogens with zero attached hydrogens (tertiary/aromatic N) is 6. The number of methoxy groups -OCH3 is 1. The average Bonchev–Trinajstić information content (AvgIpc) is 3.19. The van der Waals surface area contributed by atoms with Crippen molar-refractivity contribution < 1.29 is 27.4 Å². The number of ether oxygens (including phenoxy) is 2. The number of amides is 1. The number of likely N-dealkylation sites (tertiary alicyclic amines) is 1. The fraction of sp³-hybridized carbons (Fsp3) is 0.538. The second-order valence-corrected chi connectivity index (χ2v) is 10.7. The third-order valence-corrected chi connectivity index (χ3v) is 6.87. The lowest BCUT2D eigenvalue weighted by molar-refractivity contribution is -0.137. The topological polar surface area (TPSA) is 85.6 Å². The molecule has 0 saturated carbocycles.